The molecule has 0 aliphatic carbocycles. The van der Waals surface area contributed by atoms with Crippen molar-refractivity contribution in [3.8, 4) is 22.6 Å². The largest absolute Gasteiger partial charge is 0.456 e. The second kappa shape index (κ2) is 10.1. The summed E-state index contributed by atoms with van der Waals surface area (Å²) in [5, 5.41) is 6.65. The van der Waals surface area contributed by atoms with Gasteiger partial charge in [0.05, 0.1) is 0 Å². The zero-order chi connectivity index (χ0) is 30.9. The van der Waals surface area contributed by atoms with E-state index in [1.54, 1.807) is 0 Å². The monoisotopic (exact) mass is 602 g/mol. The Morgan fingerprint density at radius 2 is 1.13 bits per heavy atom. The average molecular weight is 603 g/mol. The van der Waals surface area contributed by atoms with Crippen molar-refractivity contribution in [1.29, 1.82) is 0 Å². The Balaban J connectivity index is 1.13. The molecule has 4 nitrogen and oxygen atoms in total. The summed E-state index contributed by atoms with van der Waals surface area (Å²) in [6.45, 7) is 0. The van der Waals surface area contributed by atoms with Gasteiger partial charge in [-0.2, -0.15) is 0 Å². The average Bonchev–Trinajstić information content (AvgIpc) is 3.76. The molecule has 220 valence electrons. The van der Waals surface area contributed by atoms with E-state index in [-0.39, 0.29) is 0 Å². The van der Waals surface area contributed by atoms with Crippen molar-refractivity contribution in [2.45, 2.75) is 0 Å². The third-order valence-electron chi connectivity index (χ3n) is 9.21. The van der Waals surface area contributed by atoms with E-state index in [1.807, 2.05) is 42.5 Å². The van der Waals surface area contributed by atoms with Crippen LogP contribution in [0.15, 0.2) is 167 Å². The minimum absolute atomic E-state index is 0.618. The number of hydrogen-bond donors (Lipinski definition) is 0. The number of benzene rings is 8. The third kappa shape index (κ3) is 4.05. The second-order valence-corrected chi connectivity index (χ2v) is 12.0. The van der Waals surface area contributed by atoms with Crippen LogP contribution in [0.2, 0.25) is 0 Å². The predicted molar refractivity (Wildman–Crippen MR) is 193 cm³/mol. The first-order valence-corrected chi connectivity index (χ1v) is 15.8. The van der Waals surface area contributed by atoms with Gasteiger partial charge in [0.2, 0.25) is 5.89 Å². The Labute approximate surface area is 270 Å². The Kier molecular flexibility index (Phi) is 5.54. The smallest absolute Gasteiger partial charge is 0.227 e. The molecule has 10 rings (SSSR count). The number of fused-ring (bicyclic) bond motifs is 4. The molecule has 0 aliphatic rings. The number of rotatable bonds is 5. The van der Waals surface area contributed by atoms with Gasteiger partial charge in [-0.05, 0) is 88.6 Å². The number of nitrogens with zero attached hydrogens (tertiary/aromatic N) is 2. The summed E-state index contributed by atoms with van der Waals surface area (Å²) < 4.78 is 13.0. The van der Waals surface area contributed by atoms with Crippen molar-refractivity contribution >= 4 is 71.6 Å². The fourth-order valence-electron chi connectivity index (χ4n) is 7.02. The molecule has 47 heavy (non-hydrogen) atoms. The third-order valence-corrected chi connectivity index (χ3v) is 9.21. The Morgan fingerprint density at radius 3 is 1.96 bits per heavy atom. The summed E-state index contributed by atoms with van der Waals surface area (Å²) in [6.07, 6.45) is 0. The second-order valence-electron chi connectivity index (χ2n) is 12.0. The minimum atomic E-state index is 0.618. The fraction of sp³-hybridized carbons (Fsp3) is 0. The van der Waals surface area contributed by atoms with E-state index in [0.29, 0.717) is 5.89 Å². The molecule has 0 amide bonds. The molecule has 0 radical (unpaired) electrons. The SMILES string of the molecule is c1ccc(-c2nc3c4cccc5oc6cc(-c7ccc(N(c8ccccc8)c8ccc9ccccc9c8)cc7)cc(c3o2)c6c54)cc1. The summed E-state index contributed by atoms with van der Waals surface area (Å²) >= 11 is 0. The molecule has 10 aromatic rings. The lowest BCUT2D eigenvalue weighted by Gasteiger charge is -2.26. The molecule has 4 heteroatoms. The highest BCUT2D eigenvalue weighted by atomic mass is 16.3. The molecule has 0 spiro atoms. The number of furan rings is 1. The molecule has 0 saturated heterocycles. The van der Waals surface area contributed by atoms with Gasteiger partial charge in [0.25, 0.3) is 0 Å². The van der Waals surface area contributed by atoms with E-state index < -0.39 is 0 Å². The van der Waals surface area contributed by atoms with Crippen LogP contribution in [0.5, 0.6) is 0 Å². The molecular weight excluding hydrogens is 576 g/mol. The van der Waals surface area contributed by atoms with Crippen molar-refractivity contribution in [1.82, 2.24) is 4.98 Å². The molecule has 0 unspecified atom stereocenters. The van der Waals surface area contributed by atoms with Crippen LogP contribution in [0.25, 0.3) is 77.2 Å². The highest BCUT2D eigenvalue weighted by Crippen LogP contribution is 2.45. The van der Waals surface area contributed by atoms with Crippen molar-refractivity contribution in [3.05, 3.63) is 158 Å². The van der Waals surface area contributed by atoms with Crippen LogP contribution in [-0.4, -0.2) is 4.98 Å². The van der Waals surface area contributed by atoms with Gasteiger partial charge in [0.1, 0.15) is 16.7 Å². The summed E-state index contributed by atoms with van der Waals surface area (Å²) in [5.41, 5.74) is 9.73. The lowest BCUT2D eigenvalue weighted by Crippen LogP contribution is -2.09. The van der Waals surface area contributed by atoms with Crippen LogP contribution >= 0.6 is 0 Å². The first kappa shape index (κ1) is 25.9. The summed E-state index contributed by atoms with van der Waals surface area (Å²) in [4.78, 5) is 7.31. The molecule has 0 saturated carbocycles. The van der Waals surface area contributed by atoms with Crippen molar-refractivity contribution in [3.63, 3.8) is 0 Å². The number of anilines is 3. The number of para-hydroxylation sites is 1. The van der Waals surface area contributed by atoms with Gasteiger partial charge in [-0.25, -0.2) is 4.98 Å². The highest BCUT2D eigenvalue weighted by molar-refractivity contribution is 6.31. The van der Waals surface area contributed by atoms with Gasteiger partial charge >= 0.3 is 0 Å². The van der Waals surface area contributed by atoms with Gasteiger partial charge in [-0.1, -0.05) is 91.0 Å². The number of aromatic nitrogens is 1. The van der Waals surface area contributed by atoms with Gasteiger partial charge in [-0.3, -0.25) is 0 Å². The fourth-order valence-corrected chi connectivity index (χ4v) is 7.02. The van der Waals surface area contributed by atoms with Gasteiger partial charge in [0, 0.05) is 44.2 Å². The van der Waals surface area contributed by atoms with Crippen LogP contribution < -0.4 is 4.90 Å². The molecule has 0 bridgehead atoms. The van der Waals surface area contributed by atoms with Crippen LogP contribution in [0, 0.1) is 0 Å². The van der Waals surface area contributed by atoms with E-state index in [9.17, 15) is 0 Å². The van der Waals surface area contributed by atoms with E-state index >= 15 is 0 Å². The Morgan fingerprint density at radius 1 is 0.426 bits per heavy atom. The Bertz CT molecular complexity index is 2720. The van der Waals surface area contributed by atoms with Crippen molar-refractivity contribution in [2.75, 3.05) is 4.90 Å². The predicted octanol–water partition coefficient (Wildman–Crippen LogP) is 12.3. The van der Waals surface area contributed by atoms with Crippen LogP contribution in [0.1, 0.15) is 0 Å². The maximum Gasteiger partial charge on any atom is 0.227 e. The number of hydrogen-bond acceptors (Lipinski definition) is 4. The van der Waals surface area contributed by atoms with Gasteiger partial charge < -0.3 is 13.7 Å². The molecule has 0 fully saturated rings. The van der Waals surface area contributed by atoms with E-state index in [2.05, 4.69) is 120 Å². The molecule has 2 heterocycles. The zero-order valence-corrected chi connectivity index (χ0v) is 25.2. The maximum absolute atomic E-state index is 6.55. The first-order chi connectivity index (χ1) is 23.3. The first-order valence-electron chi connectivity index (χ1n) is 15.8. The van der Waals surface area contributed by atoms with Gasteiger partial charge in [0.15, 0.2) is 5.58 Å². The zero-order valence-electron chi connectivity index (χ0n) is 25.2. The molecule has 0 N–H and O–H groups in total. The molecule has 0 aliphatic heterocycles. The lowest BCUT2D eigenvalue weighted by atomic mass is 9.96. The lowest BCUT2D eigenvalue weighted by molar-refractivity contribution is 0.623. The summed E-state index contributed by atoms with van der Waals surface area (Å²) in [5.74, 6) is 0.618. The van der Waals surface area contributed by atoms with Crippen molar-refractivity contribution < 1.29 is 8.83 Å². The maximum atomic E-state index is 6.55. The topological polar surface area (TPSA) is 42.4 Å². The Hall–Kier alpha value is -6.39. The van der Waals surface area contributed by atoms with Crippen molar-refractivity contribution in [2.24, 2.45) is 0 Å². The summed E-state index contributed by atoms with van der Waals surface area (Å²) in [7, 11) is 0. The van der Waals surface area contributed by atoms with E-state index in [1.165, 1.54) is 10.8 Å². The normalized spacial score (nSPS) is 11.8. The van der Waals surface area contributed by atoms with Crippen LogP contribution in [-0.2, 0) is 0 Å². The summed E-state index contributed by atoms with van der Waals surface area (Å²) in [6, 6.07) is 55.0. The standard InChI is InChI=1S/C43H26N2O2/c1-3-11-29(12-4-1)43-44-41-35-16-9-17-37-39(35)40-36(42(41)47-43)25-31(26-38(40)46-37)28-18-21-33(22-19-28)45(32-14-5-2-6-15-32)34-23-20-27-10-7-8-13-30(27)24-34/h1-26H. The molecule has 0 atom stereocenters. The van der Waals surface area contributed by atoms with Crippen LogP contribution in [0.4, 0.5) is 17.1 Å². The van der Waals surface area contributed by atoms with E-state index in [0.717, 1.165) is 77.6 Å². The van der Waals surface area contributed by atoms with E-state index in [4.69, 9.17) is 13.8 Å². The quantitative estimate of drug-likeness (QED) is 0.184. The number of oxazole rings is 1. The highest BCUT2D eigenvalue weighted by Gasteiger charge is 2.23. The molecule has 2 aromatic heterocycles. The minimum Gasteiger partial charge on any atom is -0.456 e. The van der Waals surface area contributed by atoms with Crippen LogP contribution in [0.3, 0.4) is 0 Å². The van der Waals surface area contributed by atoms with Gasteiger partial charge in [-0.15, -0.1) is 0 Å². The molecular formula is C43H26N2O2. The molecule has 8 aromatic carbocycles.